The van der Waals surface area contributed by atoms with E-state index in [0.29, 0.717) is 0 Å². The zero-order valence-electron chi connectivity index (χ0n) is 7.30. The van der Waals surface area contributed by atoms with E-state index in [-0.39, 0.29) is 9.77 Å². The summed E-state index contributed by atoms with van der Waals surface area (Å²) in [7, 11) is -3.61. The molecule has 2 rings (SSSR count). The van der Waals surface area contributed by atoms with Crippen LogP contribution in [0, 0.1) is 0 Å². The maximum atomic E-state index is 11.6. The van der Waals surface area contributed by atoms with Crippen molar-refractivity contribution in [2.24, 2.45) is 0 Å². The van der Waals surface area contributed by atoms with Crippen molar-refractivity contribution in [3.05, 3.63) is 22.6 Å². The normalized spacial score (nSPS) is 18.7. The molecule has 7 heteroatoms. The summed E-state index contributed by atoms with van der Waals surface area (Å²) in [6, 6.07) is 1.40. The summed E-state index contributed by atoms with van der Waals surface area (Å²) in [6.07, 6.45) is 0. The highest BCUT2D eigenvalue weighted by Crippen LogP contribution is 2.35. The van der Waals surface area contributed by atoms with Crippen LogP contribution in [0.5, 0.6) is 0 Å². The number of carboxylic acid groups (broad SMARTS) is 1. The predicted octanol–water partition coefficient (Wildman–Crippen LogP) is 0.889. The van der Waals surface area contributed by atoms with Gasteiger partial charge in [0.05, 0.1) is 11.3 Å². The SMILES string of the molecule is O=C(O)C1=C(O)c2ccsc2S(=O)(=O)C1. The highest BCUT2D eigenvalue weighted by molar-refractivity contribution is 7.93. The van der Waals surface area contributed by atoms with Gasteiger partial charge in [0.2, 0.25) is 0 Å². The lowest BCUT2D eigenvalue weighted by Gasteiger charge is -2.13. The Kier molecular flexibility index (Phi) is 2.09. The third kappa shape index (κ3) is 1.44. The Morgan fingerprint density at radius 1 is 1.47 bits per heavy atom. The third-order valence-corrected chi connectivity index (χ3v) is 5.26. The van der Waals surface area contributed by atoms with Gasteiger partial charge in [-0.1, -0.05) is 0 Å². The second-order valence-electron chi connectivity index (χ2n) is 3.01. The maximum absolute atomic E-state index is 11.6. The van der Waals surface area contributed by atoms with Crippen molar-refractivity contribution in [2.75, 3.05) is 5.75 Å². The van der Waals surface area contributed by atoms with Gasteiger partial charge in [-0.15, -0.1) is 11.3 Å². The number of carboxylic acids is 1. The van der Waals surface area contributed by atoms with Gasteiger partial charge in [0.1, 0.15) is 9.97 Å². The molecule has 0 saturated heterocycles. The predicted molar refractivity (Wildman–Crippen MR) is 53.6 cm³/mol. The van der Waals surface area contributed by atoms with Crippen molar-refractivity contribution in [1.29, 1.82) is 0 Å². The van der Waals surface area contributed by atoms with Crippen LogP contribution in [-0.4, -0.2) is 30.4 Å². The topological polar surface area (TPSA) is 91.7 Å². The van der Waals surface area contributed by atoms with E-state index in [9.17, 15) is 18.3 Å². The van der Waals surface area contributed by atoms with Crippen LogP contribution in [0.25, 0.3) is 5.76 Å². The minimum atomic E-state index is -3.61. The Bertz CT molecular complexity index is 564. The summed E-state index contributed by atoms with van der Waals surface area (Å²) in [5, 5.41) is 19.8. The summed E-state index contributed by atoms with van der Waals surface area (Å²) >= 11 is 0.975. The number of hydrogen-bond donors (Lipinski definition) is 2. The first-order valence-electron chi connectivity index (χ1n) is 3.89. The standard InChI is InChI=1S/C8H6O5S2/c9-6-4-1-2-14-8(4)15(12,13)3-5(6)7(10)11/h1-2,9H,3H2,(H,10,11). The highest BCUT2D eigenvalue weighted by atomic mass is 32.2. The fourth-order valence-electron chi connectivity index (χ4n) is 1.36. The van der Waals surface area contributed by atoms with Gasteiger partial charge in [-0.3, -0.25) is 0 Å². The van der Waals surface area contributed by atoms with E-state index in [0.717, 1.165) is 11.3 Å². The summed E-state index contributed by atoms with van der Waals surface area (Å²) in [5.41, 5.74) is -0.385. The van der Waals surface area contributed by atoms with Gasteiger partial charge in [0.15, 0.2) is 9.84 Å². The maximum Gasteiger partial charge on any atom is 0.336 e. The Morgan fingerprint density at radius 2 is 2.13 bits per heavy atom. The number of carbonyl (C=O) groups is 1. The van der Waals surface area contributed by atoms with Crippen molar-refractivity contribution in [2.45, 2.75) is 4.21 Å². The molecule has 0 aliphatic carbocycles. The third-order valence-electron chi connectivity index (χ3n) is 2.05. The molecule has 0 bridgehead atoms. The molecule has 0 amide bonds. The van der Waals surface area contributed by atoms with Crippen molar-refractivity contribution in [3.8, 4) is 0 Å². The van der Waals surface area contributed by atoms with Crippen LogP contribution >= 0.6 is 11.3 Å². The van der Waals surface area contributed by atoms with Crippen LogP contribution in [0.4, 0.5) is 0 Å². The lowest BCUT2D eigenvalue weighted by molar-refractivity contribution is -0.132. The Morgan fingerprint density at radius 3 is 2.73 bits per heavy atom. The first-order valence-corrected chi connectivity index (χ1v) is 6.42. The number of hydrogen-bond acceptors (Lipinski definition) is 5. The molecule has 0 unspecified atom stereocenters. The number of rotatable bonds is 1. The second kappa shape index (κ2) is 3.07. The Hall–Kier alpha value is -1.34. The number of aliphatic carboxylic acids is 1. The van der Waals surface area contributed by atoms with Crippen LogP contribution < -0.4 is 0 Å². The van der Waals surface area contributed by atoms with E-state index in [1.807, 2.05) is 0 Å². The number of fused-ring (bicyclic) bond motifs is 1. The quantitative estimate of drug-likeness (QED) is 0.767. The van der Waals surface area contributed by atoms with Gasteiger partial charge < -0.3 is 10.2 Å². The first kappa shape index (κ1) is 10.2. The summed E-state index contributed by atoms with van der Waals surface area (Å²) in [6.45, 7) is 0. The van der Waals surface area contributed by atoms with E-state index >= 15 is 0 Å². The monoisotopic (exact) mass is 246 g/mol. The minimum Gasteiger partial charge on any atom is -0.507 e. The average Bonchev–Trinajstić information content (AvgIpc) is 2.60. The fourth-order valence-corrected chi connectivity index (χ4v) is 4.18. The molecule has 5 nitrogen and oxygen atoms in total. The largest absolute Gasteiger partial charge is 0.507 e. The van der Waals surface area contributed by atoms with Gasteiger partial charge in [0, 0.05) is 5.56 Å². The van der Waals surface area contributed by atoms with Crippen molar-refractivity contribution >= 4 is 32.9 Å². The molecule has 0 fully saturated rings. The first-order chi connectivity index (χ1) is 6.93. The average molecular weight is 246 g/mol. The van der Waals surface area contributed by atoms with Crippen LogP contribution in [0.3, 0.4) is 0 Å². The summed E-state index contributed by atoms with van der Waals surface area (Å²) in [5.74, 6) is -2.51. The van der Waals surface area contributed by atoms with Gasteiger partial charge in [0.25, 0.3) is 0 Å². The fraction of sp³-hybridized carbons (Fsp3) is 0.125. The molecule has 0 atom stereocenters. The van der Waals surface area contributed by atoms with Gasteiger partial charge >= 0.3 is 5.97 Å². The van der Waals surface area contributed by atoms with E-state index in [2.05, 4.69) is 0 Å². The molecule has 2 N–H and O–H groups in total. The molecule has 1 aliphatic heterocycles. The van der Waals surface area contributed by atoms with E-state index in [1.165, 1.54) is 11.4 Å². The Labute approximate surface area is 89.2 Å². The van der Waals surface area contributed by atoms with Crippen molar-refractivity contribution < 1.29 is 23.4 Å². The zero-order valence-corrected chi connectivity index (χ0v) is 8.93. The molecule has 80 valence electrons. The molecule has 1 aliphatic rings. The summed E-state index contributed by atoms with van der Waals surface area (Å²) < 4.78 is 23.2. The van der Waals surface area contributed by atoms with Crippen molar-refractivity contribution in [3.63, 3.8) is 0 Å². The molecule has 0 spiro atoms. The van der Waals surface area contributed by atoms with Crippen LogP contribution in [-0.2, 0) is 14.6 Å². The zero-order chi connectivity index (χ0) is 11.2. The molecule has 2 heterocycles. The van der Waals surface area contributed by atoms with Gasteiger partial charge in [-0.05, 0) is 11.4 Å². The van der Waals surface area contributed by atoms with Gasteiger partial charge in [-0.2, -0.15) is 0 Å². The lowest BCUT2D eigenvalue weighted by atomic mass is 10.1. The second-order valence-corrected chi connectivity index (χ2v) is 6.11. The van der Waals surface area contributed by atoms with Gasteiger partial charge in [-0.25, -0.2) is 13.2 Å². The summed E-state index contributed by atoms with van der Waals surface area (Å²) in [4.78, 5) is 10.7. The highest BCUT2D eigenvalue weighted by Gasteiger charge is 2.34. The number of sulfone groups is 1. The molecule has 15 heavy (non-hydrogen) atoms. The molecular weight excluding hydrogens is 240 g/mol. The van der Waals surface area contributed by atoms with Crippen molar-refractivity contribution in [1.82, 2.24) is 0 Å². The number of thiophene rings is 1. The van der Waals surface area contributed by atoms with Crippen LogP contribution in [0.15, 0.2) is 21.2 Å². The minimum absolute atomic E-state index is 0.0324. The van der Waals surface area contributed by atoms with E-state index in [4.69, 9.17) is 5.11 Å². The molecule has 0 aromatic carbocycles. The smallest absolute Gasteiger partial charge is 0.336 e. The molecule has 1 aromatic rings. The van der Waals surface area contributed by atoms with E-state index in [1.54, 1.807) is 0 Å². The molecule has 0 saturated carbocycles. The molecule has 0 radical (unpaired) electrons. The lowest BCUT2D eigenvalue weighted by Crippen LogP contribution is -2.20. The van der Waals surface area contributed by atoms with E-state index < -0.39 is 32.9 Å². The molecule has 1 aromatic heterocycles. The number of aliphatic hydroxyl groups excluding tert-OH is 1. The number of aliphatic hydroxyl groups is 1. The molecular formula is C8H6O5S2. The van der Waals surface area contributed by atoms with Crippen LogP contribution in [0.1, 0.15) is 5.56 Å². The van der Waals surface area contributed by atoms with Crippen LogP contribution in [0.2, 0.25) is 0 Å². The Balaban J connectivity index is 2.76.